The summed E-state index contributed by atoms with van der Waals surface area (Å²) in [6, 6.07) is 12.4. The van der Waals surface area contributed by atoms with E-state index in [1.807, 2.05) is 30.1 Å². The van der Waals surface area contributed by atoms with E-state index in [0.29, 0.717) is 18.2 Å². The number of unbranched alkanes of at least 4 members (excludes halogenated alkanes) is 2. The number of hydrogen-bond acceptors (Lipinski definition) is 3. The maximum Gasteiger partial charge on any atom is 0.222 e. The summed E-state index contributed by atoms with van der Waals surface area (Å²) < 4.78 is 0. The fourth-order valence-electron chi connectivity index (χ4n) is 3.69. The monoisotopic (exact) mass is 368 g/mol. The minimum atomic E-state index is 0.294. The number of aromatic amines is 1. The largest absolute Gasteiger partial charge is 0.346 e. The van der Waals surface area contributed by atoms with Crippen molar-refractivity contribution >= 4 is 5.91 Å². The molecular weight excluding hydrogens is 336 g/mol. The average Bonchev–Trinajstić information content (AvgIpc) is 3.38. The molecule has 1 saturated heterocycles. The molecule has 146 valence electrons. The Kier molecular flexibility index (Phi) is 7.45. The highest BCUT2D eigenvalue weighted by molar-refractivity contribution is 5.75. The smallest absolute Gasteiger partial charge is 0.222 e. The predicted molar refractivity (Wildman–Crippen MR) is 109 cm³/mol. The normalized spacial score (nSPS) is 16.6. The molecule has 0 spiro atoms. The van der Waals surface area contributed by atoms with Crippen molar-refractivity contribution in [3.05, 3.63) is 42.1 Å². The number of carbonyl (C=O) groups is 1. The number of aryl methyl sites for hydroxylation is 1. The van der Waals surface area contributed by atoms with Crippen molar-refractivity contribution < 1.29 is 4.79 Å². The van der Waals surface area contributed by atoms with Crippen LogP contribution in [0, 0.1) is 5.92 Å². The minimum absolute atomic E-state index is 0.294. The second-order valence-electron chi connectivity index (χ2n) is 7.67. The van der Waals surface area contributed by atoms with Crippen molar-refractivity contribution in [2.45, 2.75) is 44.9 Å². The Morgan fingerprint density at radius 3 is 2.85 bits per heavy atom. The Morgan fingerprint density at radius 1 is 1.22 bits per heavy atom. The zero-order valence-corrected chi connectivity index (χ0v) is 16.4. The van der Waals surface area contributed by atoms with Crippen molar-refractivity contribution in [1.29, 1.82) is 0 Å². The first kappa shape index (κ1) is 19.6. The summed E-state index contributed by atoms with van der Waals surface area (Å²) in [7, 11) is 1.94. The Morgan fingerprint density at radius 2 is 2.07 bits per heavy atom. The van der Waals surface area contributed by atoms with Gasteiger partial charge in [-0.1, -0.05) is 36.8 Å². The Labute approximate surface area is 162 Å². The highest BCUT2D eigenvalue weighted by Gasteiger charge is 2.17. The molecule has 0 radical (unpaired) electrons. The third kappa shape index (κ3) is 6.21. The number of H-pyrrole nitrogens is 1. The summed E-state index contributed by atoms with van der Waals surface area (Å²) >= 11 is 0. The third-order valence-corrected chi connectivity index (χ3v) is 5.49. The SMILES string of the molecule is CN(CCCCCc1cc(-c2ccccc2)n[nH]1)C(=O)CCC1CCNC1. The van der Waals surface area contributed by atoms with Gasteiger partial charge in [-0.3, -0.25) is 9.89 Å². The molecule has 3 rings (SSSR count). The molecule has 0 aliphatic carbocycles. The van der Waals surface area contributed by atoms with E-state index in [0.717, 1.165) is 63.0 Å². The predicted octanol–water partition coefficient (Wildman–Crippen LogP) is 3.64. The van der Waals surface area contributed by atoms with Crippen LogP contribution in [0.2, 0.25) is 0 Å². The van der Waals surface area contributed by atoms with Crippen molar-refractivity contribution in [2.24, 2.45) is 5.92 Å². The van der Waals surface area contributed by atoms with E-state index >= 15 is 0 Å². The minimum Gasteiger partial charge on any atom is -0.346 e. The molecule has 0 bridgehead atoms. The molecule has 0 saturated carbocycles. The number of nitrogens with one attached hydrogen (secondary N) is 2. The standard InChI is InChI=1S/C22H32N4O/c1-26(22(27)12-11-18-13-14-23-17-18)15-7-3-6-10-20-16-21(25-24-20)19-8-4-2-5-9-19/h2,4-5,8-9,16,18,23H,3,6-7,10-15,17H2,1H3,(H,24,25). The molecule has 2 aromatic rings. The molecule has 27 heavy (non-hydrogen) atoms. The molecule has 1 aromatic carbocycles. The van der Waals surface area contributed by atoms with Crippen LogP contribution in [0.3, 0.4) is 0 Å². The lowest BCUT2D eigenvalue weighted by atomic mass is 10.0. The molecule has 1 atom stereocenters. The summed E-state index contributed by atoms with van der Waals surface area (Å²) in [4.78, 5) is 14.1. The summed E-state index contributed by atoms with van der Waals surface area (Å²) in [5.41, 5.74) is 3.34. The molecule has 2 N–H and O–H groups in total. The zero-order valence-electron chi connectivity index (χ0n) is 16.4. The van der Waals surface area contributed by atoms with Crippen LogP contribution in [0.1, 0.15) is 44.2 Å². The zero-order chi connectivity index (χ0) is 18.9. The summed E-state index contributed by atoms with van der Waals surface area (Å²) in [5, 5.41) is 10.9. The van der Waals surface area contributed by atoms with Crippen LogP contribution >= 0.6 is 0 Å². The van der Waals surface area contributed by atoms with Gasteiger partial charge in [-0.2, -0.15) is 5.10 Å². The van der Waals surface area contributed by atoms with Crippen molar-refractivity contribution in [1.82, 2.24) is 20.4 Å². The molecule has 1 fully saturated rings. The van der Waals surface area contributed by atoms with Crippen molar-refractivity contribution in [3.63, 3.8) is 0 Å². The van der Waals surface area contributed by atoms with Crippen LogP contribution in [0.4, 0.5) is 0 Å². The Bertz CT molecular complexity index is 691. The number of hydrogen-bond donors (Lipinski definition) is 2. The molecule has 2 heterocycles. The van der Waals surface area contributed by atoms with E-state index in [1.165, 1.54) is 12.1 Å². The van der Waals surface area contributed by atoms with Crippen LogP contribution < -0.4 is 5.32 Å². The first-order valence-electron chi connectivity index (χ1n) is 10.3. The third-order valence-electron chi connectivity index (χ3n) is 5.49. The highest BCUT2D eigenvalue weighted by atomic mass is 16.2. The van der Waals surface area contributed by atoms with Gasteiger partial charge < -0.3 is 10.2 Å². The van der Waals surface area contributed by atoms with E-state index in [-0.39, 0.29) is 0 Å². The van der Waals surface area contributed by atoms with Gasteiger partial charge in [0.25, 0.3) is 0 Å². The first-order chi connectivity index (χ1) is 13.2. The van der Waals surface area contributed by atoms with Crippen LogP contribution in [0.15, 0.2) is 36.4 Å². The molecule has 5 nitrogen and oxygen atoms in total. The van der Waals surface area contributed by atoms with Gasteiger partial charge in [-0.05, 0) is 57.2 Å². The van der Waals surface area contributed by atoms with Crippen molar-refractivity contribution in [2.75, 3.05) is 26.7 Å². The van der Waals surface area contributed by atoms with Crippen LogP contribution in [-0.4, -0.2) is 47.7 Å². The average molecular weight is 369 g/mol. The molecule has 1 aromatic heterocycles. The molecule has 1 amide bonds. The van der Waals surface area contributed by atoms with Crippen molar-refractivity contribution in [3.8, 4) is 11.3 Å². The maximum absolute atomic E-state index is 12.2. The Balaban J connectivity index is 1.29. The number of carbonyl (C=O) groups excluding carboxylic acids is 1. The van der Waals surface area contributed by atoms with Crippen LogP contribution in [0.25, 0.3) is 11.3 Å². The molecular formula is C22H32N4O. The summed E-state index contributed by atoms with van der Waals surface area (Å²) in [6.45, 7) is 3.05. The van der Waals surface area contributed by atoms with Gasteiger partial charge in [0.15, 0.2) is 0 Å². The number of benzene rings is 1. The molecule has 1 aliphatic rings. The van der Waals surface area contributed by atoms with Gasteiger partial charge in [0, 0.05) is 31.3 Å². The first-order valence-corrected chi connectivity index (χ1v) is 10.3. The number of rotatable bonds is 10. The molecule has 5 heteroatoms. The lowest BCUT2D eigenvalue weighted by molar-refractivity contribution is -0.130. The van der Waals surface area contributed by atoms with Gasteiger partial charge in [0.05, 0.1) is 5.69 Å². The molecule has 1 aliphatic heterocycles. The second-order valence-corrected chi connectivity index (χ2v) is 7.67. The van der Waals surface area contributed by atoms with E-state index in [1.54, 1.807) is 0 Å². The second kappa shape index (κ2) is 10.3. The van der Waals surface area contributed by atoms with Crippen LogP contribution in [0.5, 0.6) is 0 Å². The summed E-state index contributed by atoms with van der Waals surface area (Å²) in [6.07, 6.45) is 7.25. The van der Waals surface area contributed by atoms with E-state index in [9.17, 15) is 4.79 Å². The fourth-order valence-corrected chi connectivity index (χ4v) is 3.69. The van der Waals surface area contributed by atoms with Crippen LogP contribution in [-0.2, 0) is 11.2 Å². The van der Waals surface area contributed by atoms with Gasteiger partial charge in [0.1, 0.15) is 0 Å². The van der Waals surface area contributed by atoms with E-state index in [4.69, 9.17) is 0 Å². The fraction of sp³-hybridized carbons (Fsp3) is 0.545. The van der Waals surface area contributed by atoms with Gasteiger partial charge >= 0.3 is 0 Å². The topological polar surface area (TPSA) is 61.0 Å². The highest BCUT2D eigenvalue weighted by Crippen LogP contribution is 2.18. The maximum atomic E-state index is 12.2. The van der Waals surface area contributed by atoms with Gasteiger partial charge in [-0.15, -0.1) is 0 Å². The van der Waals surface area contributed by atoms with E-state index < -0.39 is 0 Å². The lowest BCUT2D eigenvalue weighted by Gasteiger charge is -2.18. The number of amides is 1. The van der Waals surface area contributed by atoms with Gasteiger partial charge in [-0.25, -0.2) is 0 Å². The lowest BCUT2D eigenvalue weighted by Crippen LogP contribution is -2.28. The molecule has 1 unspecified atom stereocenters. The number of aromatic nitrogens is 2. The van der Waals surface area contributed by atoms with E-state index in [2.05, 4.69) is 33.7 Å². The Hall–Kier alpha value is -2.14. The number of nitrogens with zero attached hydrogens (tertiary/aromatic N) is 2. The summed E-state index contributed by atoms with van der Waals surface area (Å²) in [5.74, 6) is 0.987. The van der Waals surface area contributed by atoms with Gasteiger partial charge in [0.2, 0.25) is 5.91 Å². The quantitative estimate of drug-likeness (QED) is 0.630.